The van der Waals surface area contributed by atoms with Crippen molar-refractivity contribution in [3.63, 3.8) is 0 Å². The lowest BCUT2D eigenvalue weighted by Crippen LogP contribution is -2.15. The quantitative estimate of drug-likeness (QED) is 0.557. The Bertz CT molecular complexity index is 301. The minimum absolute atomic E-state index is 0.186. The van der Waals surface area contributed by atoms with Crippen LogP contribution in [0, 0.1) is 0 Å². The van der Waals surface area contributed by atoms with E-state index in [1.807, 2.05) is 0 Å². The summed E-state index contributed by atoms with van der Waals surface area (Å²) in [6, 6.07) is 0. The van der Waals surface area contributed by atoms with Crippen molar-refractivity contribution in [3.05, 3.63) is 11.8 Å². The van der Waals surface area contributed by atoms with Crippen LogP contribution in [0.1, 0.15) is 12.8 Å². The fourth-order valence-corrected chi connectivity index (χ4v) is 1.29. The van der Waals surface area contributed by atoms with Crippen LogP contribution in [-0.4, -0.2) is 24.5 Å². The number of rotatable bonds is 0. The van der Waals surface area contributed by atoms with Crippen LogP contribution >= 0.6 is 0 Å². The molecule has 0 spiro atoms. The molecular formula is C8H9N3O. The van der Waals surface area contributed by atoms with Crippen LogP contribution in [0.2, 0.25) is 0 Å². The van der Waals surface area contributed by atoms with E-state index < -0.39 is 0 Å². The summed E-state index contributed by atoms with van der Waals surface area (Å²) in [5.74, 6) is -0.186. The van der Waals surface area contributed by atoms with Crippen molar-refractivity contribution in [3.8, 4) is 0 Å². The SMILES string of the molecule is O=C1N=CN=C2CCCNC=C12. The van der Waals surface area contributed by atoms with Crippen molar-refractivity contribution in [2.75, 3.05) is 6.54 Å². The Labute approximate surface area is 70.1 Å². The molecule has 0 fully saturated rings. The number of hydrogen-bond acceptors (Lipinski definition) is 3. The monoisotopic (exact) mass is 163 g/mol. The molecule has 2 rings (SSSR count). The summed E-state index contributed by atoms with van der Waals surface area (Å²) in [6.45, 7) is 0.899. The molecule has 0 radical (unpaired) electrons. The van der Waals surface area contributed by atoms with Crippen molar-refractivity contribution in [1.82, 2.24) is 5.32 Å². The van der Waals surface area contributed by atoms with Gasteiger partial charge in [-0.1, -0.05) is 0 Å². The Balaban J connectivity index is 2.37. The molecule has 2 heterocycles. The zero-order chi connectivity index (χ0) is 8.39. The van der Waals surface area contributed by atoms with Crippen molar-refractivity contribution in [2.45, 2.75) is 12.8 Å². The zero-order valence-corrected chi connectivity index (χ0v) is 6.58. The third-order valence-electron chi connectivity index (χ3n) is 1.91. The third kappa shape index (κ3) is 1.15. The van der Waals surface area contributed by atoms with Gasteiger partial charge < -0.3 is 5.32 Å². The van der Waals surface area contributed by atoms with Crippen LogP contribution < -0.4 is 5.32 Å². The molecule has 62 valence electrons. The molecule has 0 bridgehead atoms. The van der Waals surface area contributed by atoms with Crippen molar-refractivity contribution in [1.29, 1.82) is 0 Å². The number of fused-ring (bicyclic) bond motifs is 1. The number of nitrogens with zero attached hydrogens (tertiary/aromatic N) is 2. The zero-order valence-electron chi connectivity index (χ0n) is 6.58. The van der Waals surface area contributed by atoms with Crippen LogP contribution in [0.15, 0.2) is 21.8 Å². The van der Waals surface area contributed by atoms with Crippen molar-refractivity contribution >= 4 is 18.0 Å². The number of hydrogen-bond donors (Lipinski definition) is 1. The van der Waals surface area contributed by atoms with Crippen molar-refractivity contribution in [2.24, 2.45) is 9.98 Å². The molecule has 4 nitrogen and oxygen atoms in total. The minimum atomic E-state index is -0.186. The Hall–Kier alpha value is -1.45. The molecule has 0 aromatic rings. The second-order valence-electron chi connectivity index (χ2n) is 2.74. The smallest absolute Gasteiger partial charge is 0.281 e. The van der Waals surface area contributed by atoms with Gasteiger partial charge in [-0.2, -0.15) is 4.99 Å². The van der Waals surface area contributed by atoms with Crippen LogP contribution in [-0.2, 0) is 4.79 Å². The van der Waals surface area contributed by atoms with Gasteiger partial charge >= 0.3 is 0 Å². The number of nitrogens with one attached hydrogen (secondary N) is 1. The maximum Gasteiger partial charge on any atom is 0.281 e. The highest BCUT2D eigenvalue weighted by Crippen LogP contribution is 2.11. The summed E-state index contributed by atoms with van der Waals surface area (Å²) in [6.07, 6.45) is 4.92. The average Bonchev–Trinajstić information content (AvgIpc) is 2.30. The first kappa shape index (κ1) is 7.21. The van der Waals surface area contributed by atoms with Crippen LogP contribution in [0.4, 0.5) is 0 Å². The summed E-state index contributed by atoms with van der Waals surface area (Å²) in [4.78, 5) is 18.8. The maximum atomic E-state index is 11.2. The Morgan fingerprint density at radius 2 is 2.42 bits per heavy atom. The van der Waals surface area contributed by atoms with E-state index in [9.17, 15) is 4.79 Å². The number of carbonyl (C=O) groups excluding carboxylic acids is 1. The van der Waals surface area contributed by atoms with E-state index in [1.54, 1.807) is 6.20 Å². The fourth-order valence-electron chi connectivity index (χ4n) is 1.29. The van der Waals surface area contributed by atoms with Gasteiger partial charge in [0.15, 0.2) is 0 Å². The van der Waals surface area contributed by atoms with Gasteiger partial charge in [-0.15, -0.1) is 0 Å². The largest absolute Gasteiger partial charge is 0.390 e. The molecule has 0 saturated carbocycles. The average molecular weight is 163 g/mol. The molecule has 12 heavy (non-hydrogen) atoms. The van der Waals surface area contributed by atoms with E-state index in [1.165, 1.54) is 6.34 Å². The minimum Gasteiger partial charge on any atom is -0.390 e. The molecule has 1 N–H and O–H groups in total. The topological polar surface area (TPSA) is 53.8 Å². The summed E-state index contributed by atoms with van der Waals surface area (Å²) < 4.78 is 0. The lowest BCUT2D eigenvalue weighted by atomic mass is 10.1. The Morgan fingerprint density at radius 1 is 1.50 bits per heavy atom. The van der Waals surface area contributed by atoms with Gasteiger partial charge in [-0.3, -0.25) is 4.79 Å². The fraction of sp³-hybridized carbons (Fsp3) is 0.375. The maximum absolute atomic E-state index is 11.2. The second-order valence-corrected chi connectivity index (χ2v) is 2.74. The molecule has 0 aromatic carbocycles. The molecule has 0 saturated heterocycles. The summed E-state index contributed by atoms with van der Waals surface area (Å²) in [5, 5.41) is 3.04. The van der Waals surface area contributed by atoms with Crippen molar-refractivity contribution < 1.29 is 4.79 Å². The highest BCUT2D eigenvalue weighted by molar-refractivity contribution is 6.26. The van der Waals surface area contributed by atoms with Gasteiger partial charge in [0.1, 0.15) is 6.34 Å². The summed E-state index contributed by atoms with van der Waals surface area (Å²) in [7, 11) is 0. The van der Waals surface area contributed by atoms with Gasteiger partial charge in [0.2, 0.25) is 0 Å². The van der Waals surface area contributed by atoms with E-state index in [-0.39, 0.29) is 5.91 Å². The lowest BCUT2D eigenvalue weighted by Gasteiger charge is -2.05. The molecule has 0 atom stereocenters. The van der Waals surface area contributed by atoms with Gasteiger partial charge in [0, 0.05) is 12.7 Å². The van der Waals surface area contributed by atoms with Gasteiger partial charge in [-0.05, 0) is 12.8 Å². The highest BCUT2D eigenvalue weighted by atomic mass is 16.1. The Morgan fingerprint density at radius 3 is 3.33 bits per heavy atom. The third-order valence-corrected chi connectivity index (χ3v) is 1.91. The first-order chi connectivity index (χ1) is 5.88. The van der Waals surface area contributed by atoms with Gasteiger partial charge in [0.05, 0.1) is 11.3 Å². The summed E-state index contributed by atoms with van der Waals surface area (Å²) >= 11 is 0. The van der Waals surface area contributed by atoms with Crippen LogP contribution in [0.3, 0.4) is 0 Å². The van der Waals surface area contributed by atoms with Gasteiger partial charge in [-0.25, -0.2) is 4.99 Å². The standard InChI is InChI=1S/C8H9N3O/c12-8-6-4-9-3-1-2-7(6)10-5-11-8/h4-5,9H,1-3H2. The molecule has 0 aromatic heterocycles. The van der Waals surface area contributed by atoms with Crippen LogP contribution in [0.25, 0.3) is 0 Å². The van der Waals surface area contributed by atoms with E-state index in [2.05, 4.69) is 15.3 Å². The normalized spacial score (nSPS) is 21.8. The predicted molar refractivity (Wildman–Crippen MR) is 46.3 cm³/mol. The molecule has 4 heteroatoms. The van der Waals surface area contributed by atoms with E-state index >= 15 is 0 Å². The molecule has 0 aliphatic carbocycles. The van der Waals surface area contributed by atoms with E-state index in [4.69, 9.17) is 0 Å². The number of amides is 1. The highest BCUT2D eigenvalue weighted by Gasteiger charge is 2.19. The second kappa shape index (κ2) is 2.89. The number of aliphatic imine (C=N–C) groups is 2. The first-order valence-electron chi connectivity index (χ1n) is 3.95. The molecule has 0 unspecified atom stereocenters. The molecular weight excluding hydrogens is 154 g/mol. The van der Waals surface area contributed by atoms with E-state index in [0.29, 0.717) is 5.57 Å². The number of carbonyl (C=O) groups is 1. The van der Waals surface area contributed by atoms with Gasteiger partial charge in [0.25, 0.3) is 5.91 Å². The predicted octanol–water partition coefficient (Wildman–Crippen LogP) is 0.263. The lowest BCUT2D eigenvalue weighted by molar-refractivity contribution is -0.113. The summed E-state index contributed by atoms with van der Waals surface area (Å²) in [5.41, 5.74) is 1.48. The van der Waals surface area contributed by atoms with Crippen LogP contribution in [0.5, 0.6) is 0 Å². The molecule has 1 amide bonds. The van der Waals surface area contributed by atoms with E-state index in [0.717, 1.165) is 25.1 Å². The Kier molecular flexibility index (Phi) is 1.74. The molecule has 2 aliphatic rings. The molecule has 2 aliphatic heterocycles. The first-order valence-corrected chi connectivity index (χ1v) is 3.95.